The highest BCUT2D eigenvalue weighted by molar-refractivity contribution is 6.42. The highest BCUT2D eigenvalue weighted by Crippen LogP contribution is 2.30. The molecule has 1 amide bonds. The van der Waals surface area contributed by atoms with Gasteiger partial charge in [-0.15, -0.1) is 0 Å². The summed E-state index contributed by atoms with van der Waals surface area (Å²) >= 11 is 12.0. The fourth-order valence-electron chi connectivity index (χ4n) is 2.50. The third-order valence-corrected chi connectivity index (χ3v) is 4.43. The highest BCUT2D eigenvalue weighted by atomic mass is 35.5. The minimum absolute atomic E-state index is 0.0593. The molecule has 1 atom stereocenters. The summed E-state index contributed by atoms with van der Waals surface area (Å²) in [5, 5.41) is 3.87. The Morgan fingerprint density at radius 1 is 1.00 bits per heavy atom. The number of anilines is 1. The van der Waals surface area contributed by atoms with Gasteiger partial charge in [-0.25, -0.2) is 0 Å². The van der Waals surface area contributed by atoms with Gasteiger partial charge in [0.05, 0.1) is 16.1 Å². The van der Waals surface area contributed by atoms with Crippen LogP contribution in [0.3, 0.4) is 0 Å². The number of rotatable bonds is 2. The van der Waals surface area contributed by atoms with Crippen molar-refractivity contribution in [2.45, 2.75) is 18.9 Å². The maximum atomic E-state index is 11.4. The fourth-order valence-corrected chi connectivity index (χ4v) is 2.80. The maximum absolute atomic E-state index is 11.4. The van der Waals surface area contributed by atoms with Crippen molar-refractivity contribution in [2.75, 3.05) is 5.32 Å². The van der Waals surface area contributed by atoms with E-state index in [9.17, 15) is 4.79 Å². The molecule has 0 saturated carbocycles. The molecule has 3 N–H and O–H groups in total. The van der Waals surface area contributed by atoms with Gasteiger partial charge in [-0.2, -0.15) is 0 Å². The van der Waals surface area contributed by atoms with Crippen molar-refractivity contribution in [3.8, 4) is 0 Å². The van der Waals surface area contributed by atoms with Crippen LogP contribution in [0.2, 0.25) is 10.0 Å². The largest absolute Gasteiger partial charge is 0.326 e. The molecule has 3 nitrogen and oxygen atoms in total. The number of halogens is 2. The van der Waals surface area contributed by atoms with E-state index < -0.39 is 0 Å². The number of carbonyl (C=O) groups excluding carboxylic acids is 1. The van der Waals surface area contributed by atoms with E-state index in [-0.39, 0.29) is 11.9 Å². The average Bonchev–Trinajstić information content (AvgIpc) is 2.49. The molecular weight excluding hydrogens is 307 g/mol. The van der Waals surface area contributed by atoms with Crippen LogP contribution in [0.1, 0.15) is 29.2 Å². The molecule has 108 valence electrons. The normalized spacial score (nSPS) is 15.3. The van der Waals surface area contributed by atoms with E-state index in [2.05, 4.69) is 5.32 Å². The number of nitrogens with two attached hydrogens (primary N) is 1. The number of amides is 1. The number of fused-ring (bicyclic) bond motifs is 1. The molecule has 21 heavy (non-hydrogen) atoms. The monoisotopic (exact) mass is 320 g/mol. The first kappa shape index (κ1) is 14.4. The van der Waals surface area contributed by atoms with E-state index >= 15 is 0 Å². The summed E-state index contributed by atoms with van der Waals surface area (Å²) in [5.41, 5.74) is 10.2. The second-order valence-electron chi connectivity index (χ2n) is 5.12. The highest BCUT2D eigenvalue weighted by Gasteiger charge is 2.17. The molecule has 0 aromatic heterocycles. The molecule has 1 heterocycles. The molecule has 2 aromatic carbocycles. The lowest BCUT2D eigenvalue weighted by Crippen LogP contribution is -2.20. The molecule has 0 spiro atoms. The summed E-state index contributed by atoms with van der Waals surface area (Å²) in [4.78, 5) is 11.4. The summed E-state index contributed by atoms with van der Waals surface area (Å²) in [6.07, 6.45) is 1.25. The van der Waals surface area contributed by atoms with Crippen molar-refractivity contribution < 1.29 is 4.79 Å². The van der Waals surface area contributed by atoms with Gasteiger partial charge in [0.1, 0.15) is 0 Å². The van der Waals surface area contributed by atoms with Crippen molar-refractivity contribution in [2.24, 2.45) is 5.73 Å². The van der Waals surface area contributed by atoms with Gasteiger partial charge < -0.3 is 11.1 Å². The first-order valence-corrected chi connectivity index (χ1v) is 7.43. The Bertz CT molecular complexity index is 715. The van der Waals surface area contributed by atoms with Crippen LogP contribution in [0, 0.1) is 0 Å². The lowest BCUT2D eigenvalue weighted by Gasteiger charge is -2.20. The third-order valence-electron chi connectivity index (χ3n) is 3.69. The summed E-state index contributed by atoms with van der Waals surface area (Å²) in [6, 6.07) is 11.0. The van der Waals surface area contributed by atoms with Gasteiger partial charge in [-0.05, 0) is 41.3 Å². The van der Waals surface area contributed by atoms with Gasteiger partial charge in [-0.1, -0.05) is 41.4 Å². The Morgan fingerprint density at radius 2 is 1.71 bits per heavy atom. The van der Waals surface area contributed by atoms with Crippen LogP contribution in [-0.2, 0) is 11.2 Å². The van der Waals surface area contributed by atoms with E-state index in [1.807, 2.05) is 24.3 Å². The standard InChI is InChI=1S/C16H14Cl2N2O/c17-12-4-1-11(8-13(12)18)16(19)10-2-5-14-9(7-10)3-6-15(21)20-14/h1-2,4-5,7-8,16H,3,6,19H2,(H,20,21). The van der Waals surface area contributed by atoms with Crippen LogP contribution in [0.4, 0.5) is 5.69 Å². The second kappa shape index (κ2) is 5.68. The second-order valence-corrected chi connectivity index (χ2v) is 5.93. The molecule has 3 rings (SSSR count). The van der Waals surface area contributed by atoms with Crippen LogP contribution < -0.4 is 11.1 Å². The van der Waals surface area contributed by atoms with Crippen molar-refractivity contribution in [1.82, 2.24) is 0 Å². The smallest absolute Gasteiger partial charge is 0.224 e. The summed E-state index contributed by atoms with van der Waals surface area (Å²) in [6.45, 7) is 0. The van der Waals surface area contributed by atoms with Gasteiger partial charge in [-0.3, -0.25) is 4.79 Å². The SMILES string of the molecule is NC(c1ccc(Cl)c(Cl)c1)c1ccc2c(c1)CCC(=O)N2. The first-order chi connectivity index (χ1) is 10.0. The average molecular weight is 321 g/mol. The molecule has 0 aliphatic carbocycles. The van der Waals surface area contributed by atoms with E-state index in [0.717, 1.165) is 28.8 Å². The molecule has 5 heteroatoms. The van der Waals surface area contributed by atoms with Crippen LogP contribution in [0.5, 0.6) is 0 Å². The lowest BCUT2D eigenvalue weighted by atomic mass is 9.94. The molecule has 0 saturated heterocycles. The van der Waals surface area contributed by atoms with Crippen LogP contribution in [0.25, 0.3) is 0 Å². The molecule has 2 aromatic rings. The summed E-state index contributed by atoms with van der Waals surface area (Å²) in [7, 11) is 0. The maximum Gasteiger partial charge on any atom is 0.224 e. The number of nitrogens with one attached hydrogen (secondary N) is 1. The minimum Gasteiger partial charge on any atom is -0.326 e. The Morgan fingerprint density at radius 3 is 2.48 bits per heavy atom. The van der Waals surface area contributed by atoms with E-state index in [4.69, 9.17) is 28.9 Å². The molecule has 1 aliphatic rings. The Balaban J connectivity index is 1.93. The predicted octanol–water partition coefficient (Wildman–Crippen LogP) is 3.93. The molecule has 1 unspecified atom stereocenters. The minimum atomic E-state index is -0.275. The number of aryl methyl sites for hydroxylation is 1. The van der Waals surface area contributed by atoms with Crippen LogP contribution in [-0.4, -0.2) is 5.91 Å². The summed E-state index contributed by atoms with van der Waals surface area (Å²) in [5.74, 6) is 0.0593. The van der Waals surface area contributed by atoms with Gasteiger partial charge in [0.25, 0.3) is 0 Å². The van der Waals surface area contributed by atoms with Crippen molar-refractivity contribution in [3.05, 3.63) is 63.1 Å². The Hall–Kier alpha value is -1.55. The molecule has 0 radical (unpaired) electrons. The molecule has 1 aliphatic heterocycles. The zero-order chi connectivity index (χ0) is 15.0. The van der Waals surface area contributed by atoms with Gasteiger partial charge >= 0.3 is 0 Å². The molecular formula is C16H14Cl2N2O. The van der Waals surface area contributed by atoms with Crippen LogP contribution in [0.15, 0.2) is 36.4 Å². The van der Waals surface area contributed by atoms with E-state index in [1.54, 1.807) is 12.1 Å². The number of hydrogen-bond donors (Lipinski definition) is 2. The zero-order valence-electron chi connectivity index (χ0n) is 11.2. The molecule has 0 bridgehead atoms. The number of benzene rings is 2. The quantitative estimate of drug-likeness (QED) is 0.880. The van der Waals surface area contributed by atoms with Gasteiger partial charge in [0, 0.05) is 12.1 Å². The Labute approximate surface area is 133 Å². The fraction of sp³-hybridized carbons (Fsp3) is 0.188. The van der Waals surface area contributed by atoms with E-state index in [0.29, 0.717) is 16.5 Å². The zero-order valence-corrected chi connectivity index (χ0v) is 12.7. The van der Waals surface area contributed by atoms with Crippen molar-refractivity contribution >= 4 is 34.8 Å². The molecule has 0 fully saturated rings. The third kappa shape index (κ3) is 2.91. The van der Waals surface area contributed by atoms with Gasteiger partial charge in [0.15, 0.2) is 0 Å². The first-order valence-electron chi connectivity index (χ1n) is 6.68. The number of hydrogen-bond acceptors (Lipinski definition) is 2. The van der Waals surface area contributed by atoms with Gasteiger partial charge in [0.2, 0.25) is 5.91 Å². The van der Waals surface area contributed by atoms with Crippen molar-refractivity contribution in [1.29, 1.82) is 0 Å². The summed E-state index contributed by atoms with van der Waals surface area (Å²) < 4.78 is 0. The lowest BCUT2D eigenvalue weighted by molar-refractivity contribution is -0.116. The number of carbonyl (C=O) groups is 1. The topological polar surface area (TPSA) is 55.1 Å². The van der Waals surface area contributed by atoms with Crippen molar-refractivity contribution in [3.63, 3.8) is 0 Å². The van der Waals surface area contributed by atoms with Crippen LogP contribution >= 0.6 is 23.2 Å². The Kier molecular flexibility index (Phi) is 3.89. The van der Waals surface area contributed by atoms with E-state index in [1.165, 1.54) is 0 Å². The predicted molar refractivity (Wildman–Crippen MR) is 85.9 cm³/mol.